The fraction of sp³-hybridized carbons (Fsp3) is 0.400. The lowest BCUT2D eigenvalue weighted by Crippen LogP contribution is -2.41. The number of hydrogen-bond donors (Lipinski definition) is 2. The number of halogens is 2. The quantitative estimate of drug-likeness (QED) is 0.0585. The van der Waals surface area contributed by atoms with Gasteiger partial charge in [0.1, 0.15) is 24.7 Å². The summed E-state index contributed by atoms with van der Waals surface area (Å²) in [5, 5.41) is 11.0. The third-order valence-corrected chi connectivity index (χ3v) is 9.35. The molecular formula is C40H48Cl2N3O6+. The van der Waals surface area contributed by atoms with Crippen molar-refractivity contribution in [2.45, 2.75) is 58.0 Å². The third-order valence-electron chi connectivity index (χ3n) is 8.79. The minimum absolute atomic E-state index is 0.0646. The van der Waals surface area contributed by atoms with Gasteiger partial charge in [0.05, 0.1) is 29.0 Å². The number of hydrogen-bond acceptors (Lipinski definition) is 7. The Labute approximate surface area is 310 Å². The Morgan fingerprint density at radius 2 is 1.59 bits per heavy atom. The number of benzene rings is 3. The van der Waals surface area contributed by atoms with Crippen molar-refractivity contribution in [3.05, 3.63) is 117 Å². The first-order chi connectivity index (χ1) is 24.7. The molecule has 3 N–H and O–H groups in total. The van der Waals surface area contributed by atoms with Gasteiger partial charge in [0.15, 0.2) is 5.75 Å². The van der Waals surface area contributed by atoms with Gasteiger partial charge in [-0.25, -0.2) is 0 Å². The summed E-state index contributed by atoms with van der Waals surface area (Å²) in [5.74, 6) is 1.60. The molecule has 1 unspecified atom stereocenters. The summed E-state index contributed by atoms with van der Waals surface area (Å²) >= 11 is 12.5. The van der Waals surface area contributed by atoms with Gasteiger partial charge in [-0.2, -0.15) is 0 Å². The molecular weight excluding hydrogens is 689 g/mol. The van der Waals surface area contributed by atoms with E-state index in [9.17, 15) is 10.0 Å². The van der Waals surface area contributed by atoms with Gasteiger partial charge in [0.25, 0.3) is 0 Å². The van der Waals surface area contributed by atoms with Gasteiger partial charge in [-0.05, 0) is 104 Å². The zero-order chi connectivity index (χ0) is 36.2. The lowest BCUT2D eigenvalue weighted by atomic mass is 9.97. The zero-order valence-electron chi connectivity index (χ0n) is 29.4. The summed E-state index contributed by atoms with van der Waals surface area (Å²) in [6.45, 7) is 4.32. The van der Waals surface area contributed by atoms with Crippen LogP contribution in [0.2, 0.25) is 10.0 Å². The topological polar surface area (TPSA) is 107 Å². The molecule has 4 aromatic rings. The Hall–Kier alpha value is -4.02. The number of rotatable bonds is 20. The summed E-state index contributed by atoms with van der Waals surface area (Å²) in [7, 11) is 1.70. The maximum Gasteiger partial charge on any atom is 0.237 e. The third kappa shape index (κ3) is 11.5. The van der Waals surface area contributed by atoms with Crippen LogP contribution in [0, 0.1) is 12.8 Å². The van der Waals surface area contributed by atoms with E-state index in [4.69, 9.17) is 47.9 Å². The number of carbonyl (C=O) groups excluding carboxylic acids is 1. The summed E-state index contributed by atoms with van der Waals surface area (Å²) in [6.07, 6.45) is 6.35. The highest BCUT2D eigenvalue weighted by Crippen LogP contribution is 2.34. The SMILES string of the molecule is COCCCc1cc(CN(C(=O)C(CN)Cc2ccc(OCCOc3c(Cl)cc(C)cc3Cl)cc2)C2CC2)cc(OCCc2cccc[n+]2O)c1. The van der Waals surface area contributed by atoms with Crippen molar-refractivity contribution in [3.63, 3.8) is 0 Å². The number of carbonyl (C=O) groups is 1. The molecule has 0 aliphatic heterocycles. The molecule has 1 atom stereocenters. The van der Waals surface area contributed by atoms with Crippen LogP contribution >= 0.6 is 23.2 Å². The van der Waals surface area contributed by atoms with Gasteiger partial charge >= 0.3 is 0 Å². The number of ether oxygens (including phenoxy) is 4. The first-order valence-electron chi connectivity index (χ1n) is 17.5. The van der Waals surface area contributed by atoms with Crippen LogP contribution in [0.3, 0.4) is 0 Å². The summed E-state index contributed by atoms with van der Waals surface area (Å²) in [5.41, 5.74) is 11.1. The Morgan fingerprint density at radius 3 is 2.27 bits per heavy atom. The number of nitrogens with two attached hydrogens (primary N) is 1. The van der Waals surface area contributed by atoms with Crippen molar-refractivity contribution in [1.82, 2.24) is 4.90 Å². The maximum atomic E-state index is 14.0. The first-order valence-corrected chi connectivity index (χ1v) is 18.2. The molecule has 9 nitrogen and oxygen atoms in total. The van der Waals surface area contributed by atoms with Crippen molar-refractivity contribution in [1.29, 1.82) is 0 Å². The van der Waals surface area contributed by atoms with Crippen molar-refractivity contribution < 1.29 is 33.7 Å². The van der Waals surface area contributed by atoms with Crippen molar-refractivity contribution >= 4 is 29.1 Å². The van der Waals surface area contributed by atoms with E-state index in [2.05, 4.69) is 12.1 Å². The van der Waals surface area contributed by atoms with Crippen molar-refractivity contribution in [3.8, 4) is 17.2 Å². The molecule has 1 heterocycles. The average Bonchev–Trinajstić information content (AvgIpc) is 3.96. The van der Waals surface area contributed by atoms with Gasteiger partial charge in [-0.1, -0.05) is 41.4 Å². The Kier molecular flexibility index (Phi) is 14.2. The van der Waals surface area contributed by atoms with Gasteiger partial charge < -0.3 is 29.6 Å². The molecule has 272 valence electrons. The number of aromatic nitrogens is 1. The Balaban J connectivity index is 1.19. The van der Waals surface area contributed by atoms with Crippen molar-refractivity contribution in [2.75, 3.05) is 40.1 Å². The van der Waals surface area contributed by atoms with Crippen LogP contribution in [0.1, 0.15) is 47.2 Å². The molecule has 0 spiro atoms. The highest BCUT2D eigenvalue weighted by atomic mass is 35.5. The van der Waals surface area contributed by atoms with Gasteiger partial charge in [0.2, 0.25) is 17.8 Å². The molecule has 0 radical (unpaired) electrons. The van der Waals surface area contributed by atoms with E-state index in [1.807, 2.05) is 66.4 Å². The van der Waals surface area contributed by atoms with Crippen LogP contribution in [0.15, 0.2) is 79.0 Å². The number of aryl methyl sites for hydroxylation is 2. The molecule has 51 heavy (non-hydrogen) atoms. The van der Waals surface area contributed by atoms with Crippen LogP contribution in [0.25, 0.3) is 0 Å². The second-order valence-corrected chi connectivity index (χ2v) is 13.8. The molecule has 11 heteroatoms. The molecule has 1 amide bonds. The molecule has 1 aromatic heterocycles. The molecule has 1 aliphatic carbocycles. The molecule has 0 saturated heterocycles. The molecule has 3 aromatic carbocycles. The lowest BCUT2D eigenvalue weighted by Gasteiger charge is -2.27. The second kappa shape index (κ2) is 19.0. The summed E-state index contributed by atoms with van der Waals surface area (Å²) < 4.78 is 24.2. The number of nitrogens with zero attached hydrogens (tertiary/aromatic N) is 2. The van der Waals surface area contributed by atoms with Crippen LogP contribution in [0.5, 0.6) is 17.2 Å². The largest absolute Gasteiger partial charge is 0.493 e. The van der Waals surface area contributed by atoms with E-state index < -0.39 is 0 Å². The van der Waals surface area contributed by atoms with Gasteiger partial charge in [-0.3, -0.25) is 10.0 Å². The van der Waals surface area contributed by atoms with E-state index in [1.165, 1.54) is 0 Å². The summed E-state index contributed by atoms with van der Waals surface area (Å²) in [6, 6.07) is 23.3. The molecule has 0 bridgehead atoms. The molecule has 1 aliphatic rings. The second-order valence-electron chi connectivity index (χ2n) is 12.9. The van der Waals surface area contributed by atoms with E-state index in [-0.39, 0.29) is 31.0 Å². The van der Waals surface area contributed by atoms with Gasteiger partial charge in [0, 0.05) is 49.7 Å². The highest BCUT2D eigenvalue weighted by molar-refractivity contribution is 6.37. The van der Waals surface area contributed by atoms with Crippen LogP contribution in [0.4, 0.5) is 0 Å². The standard InChI is InChI=1S/C40H48Cl2N3O6/c1-28-20-37(41)39(38(42)21-28)51-19-18-50-35-12-8-29(9-13-35)23-32(26-43)40(46)44(33-10-11-33)27-31-22-30(6-5-16-48-2)24-36(25-31)49-17-14-34-7-3-4-15-45(34)47/h3-4,7-9,12-13,15,20-22,24-25,32-33,47H,5-6,10-11,14,16-19,23,26-27,43H2,1-2H3/q+1. The van der Waals surface area contributed by atoms with E-state index in [0.717, 1.165) is 64.1 Å². The Bertz CT molecular complexity index is 1710. The number of methoxy groups -OCH3 is 1. The molecule has 5 rings (SSSR count). The van der Waals surface area contributed by atoms with E-state index >= 15 is 0 Å². The molecule has 1 fully saturated rings. The van der Waals surface area contributed by atoms with E-state index in [1.54, 1.807) is 19.4 Å². The fourth-order valence-electron chi connectivity index (χ4n) is 6.02. The van der Waals surface area contributed by atoms with Crippen LogP contribution in [-0.2, 0) is 35.3 Å². The van der Waals surface area contributed by atoms with Crippen LogP contribution in [-0.4, -0.2) is 62.1 Å². The smallest absolute Gasteiger partial charge is 0.237 e. The predicted molar refractivity (Wildman–Crippen MR) is 198 cm³/mol. The molecule has 1 saturated carbocycles. The number of amides is 1. The average molecular weight is 738 g/mol. The van der Waals surface area contributed by atoms with Crippen molar-refractivity contribution in [2.24, 2.45) is 11.7 Å². The van der Waals surface area contributed by atoms with E-state index in [0.29, 0.717) is 60.8 Å². The van der Waals surface area contributed by atoms with Crippen LogP contribution < -0.4 is 24.7 Å². The van der Waals surface area contributed by atoms with Gasteiger partial charge in [-0.15, -0.1) is 0 Å². The number of pyridine rings is 1. The first kappa shape index (κ1) is 38.2. The summed E-state index contributed by atoms with van der Waals surface area (Å²) in [4.78, 5) is 16.0. The minimum Gasteiger partial charge on any atom is -0.493 e. The normalized spacial score (nSPS) is 13.1. The maximum absolute atomic E-state index is 14.0. The lowest BCUT2D eigenvalue weighted by molar-refractivity contribution is -0.909. The predicted octanol–water partition coefficient (Wildman–Crippen LogP) is 6.79. The Morgan fingerprint density at radius 1 is 0.882 bits per heavy atom. The fourth-order valence-corrected chi connectivity index (χ4v) is 6.72. The minimum atomic E-state index is -0.355. The zero-order valence-corrected chi connectivity index (χ0v) is 30.9. The monoisotopic (exact) mass is 736 g/mol. The highest BCUT2D eigenvalue weighted by Gasteiger charge is 2.35.